The minimum atomic E-state index is -0.861. The molecule has 1 aromatic carbocycles. The van der Waals surface area contributed by atoms with E-state index in [1.165, 1.54) is 0 Å². The molecule has 15 heavy (non-hydrogen) atoms. The second kappa shape index (κ2) is 5.41. The Morgan fingerprint density at radius 2 is 2.13 bits per heavy atom. The van der Waals surface area contributed by atoms with E-state index in [9.17, 15) is 13.6 Å². The Bertz CT molecular complexity index is 355. The lowest BCUT2D eigenvalue weighted by Crippen LogP contribution is -2.26. The quantitative estimate of drug-likeness (QED) is 0.736. The summed E-state index contributed by atoms with van der Waals surface area (Å²) >= 11 is 0. The van der Waals surface area contributed by atoms with Gasteiger partial charge in [0, 0.05) is 12.6 Å². The predicted octanol–water partition coefficient (Wildman–Crippen LogP) is 1.04. The molecule has 0 bridgehead atoms. The van der Waals surface area contributed by atoms with Gasteiger partial charge in [-0.3, -0.25) is 4.79 Å². The van der Waals surface area contributed by atoms with Crippen LogP contribution in [0, 0.1) is 11.6 Å². The fourth-order valence-electron chi connectivity index (χ4n) is 1.07. The van der Waals surface area contributed by atoms with Crippen LogP contribution in [0.5, 0.6) is 0 Å². The Balaban J connectivity index is 2.65. The van der Waals surface area contributed by atoms with Gasteiger partial charge >= 0.3 is 0 Å². The van der Waals surface area contributed by atoms with Crippen molar-refractivity contribution in [2.75, 3.05) is 13.1 Å². The van der Waals surface area contributed by atoms with E-state index in [1.807, 2.05) is 0 Å². The summed E-state index contributed by atoms with van der Waals surface area (Å²) in [6, 6.07) is 2.83. The van der Waals surface area contributed by atoms with Crippen LogP contribution in [-0.2, 0) is 0 Å². The molecule has 3 N–H and O–H groups in total. The number of carbonyl (C=O) groups is 1. The van der Waals surface area contributed by atoms with Gasteiger partial charge in [0.2, 0.25) is 0 Å². The van der Waals surface area contributed by atoms with Crippen LogP contribution in [0.3, 0.4) is 0 Å². The molecule has 3 nitrogen and oxygen atoms in total. The summed E-state index contributed by atoms with van der Waals surface area (Å²) in [6.07, 6.45) is 0.620. The highest BCUT2D eigenvalue weighted by Gasteiger charge is 2.11. The third kappa shape index (κ3) is 3.28. The van der Waals surface area contributed by atoms with Crippen molar-refractivity contribution < 1.29 is 13.6 Å². The summed E-state index contributed by atoms with van der Waals surface area (Å²) in [6.45, 7) is 0.832. The molecular formula is C10H12F2N2O. The zero-order chi connectivity index (χ0) is 11.3. The van der Waals surface area contributed by atoms with Gasteiger partial charge in [0.25, 0.3) is 5.91 Å². The number of nitrogens with two attached hydrogens (primary N) is 1. The average molecular weight is 214 g/mol. The number of benzene rings is 1. The number of rotatable bonds is 4. The maximum atomic E-state index is 13.1. The molecule has 0 heterocycles. The summed E-state index contributed by atoms with van der Waals surface area (Å²) in [5.41, 5.74) is 5.07. The Hall–Kier alpha value is -1.49. The normalized spacial score (nSPS) is 10.1. The highest BCUT2D eigenvalue weighted by atomic mass is 19.1. The highest BCUT2D eigenvalue weighted by molar-refractivity contribution is 5.94. The molecule has 1 aromatic rings. The predicted molar refractivity (Wildman–Crippen MR) is 52.4 cm³/mol. The first-order chi connectivity index (χ1) is 7.15. The van der Waals surface area contributed by atoms with Crippen LogP contribution in [0.15, 0.2) is 18.2 Å². The van der Waals surface area contributed by atoms with Crippen molar-refractivity contribution >= 4 is 5.91 Å². The lowest BCUT2D eigenvalue weighted by atomic mass is 10.2. The molecule has 0 fully saturated rings. The molecule has 0 aromatic heterocycles. The zero-order valence-corrected chi connectivity index (χ0v) is 8.09. The molecule has 0 spiro atoms. The van der Waals surface area contributed by atoms with Gasteiger partial charge < -0.3 is 11.1 Å². The molecule has 0 saturated carbocycles. The van der Waals surface area contributed by atoms with Gasteiger partial charge in [-0.2, -0.15) is 0 Å². The van der Waals surface area contributed by atoms with Gasteiger partial charge in [-0.05, 0) is 25.1 Å². The minimum Gasteiger partial charge on any atom is -0.352 e. The molecule has 0 aliphatic heterocycles. The van der Waals surface area contributed by atoms with Gasteiger partial charge in [-0.15, -0.1) is 0 Å². The summed E-state index contributed by atoms with van der Waals surface area (Å²) in [5, 5.41) is 2.48. The van der Waals surface area contributed by atoms with Gasteiger partial charge in [-0.25, -0.2) is 8.78 Å². The van der Waals surface area contributed by atoms with E-state index in [-0.39, 0.29) is 5.56 Å². The lowest BCUT2D eigenvalue weighted by molar-refractivity contribution is 0.0949. The SMILES string of the molecule is NCCCNC(=O)c1ccc(F)cc1F. The van der Waals surface area contributed by atoms with Crippen molar-refractivity contribution in [3.63, 3.8) is 0 Å². The lowest BCUT2D eigenvalue weighted by Gasteiger charge is -2.04. The van der Waals surface area contributed by atoms with Crippen LogP contribution in [-0.4, -0.2) is 19.0 Å². The maximum Gasteiger partial charge on any atom is 0.254 e. The van der Waals surface area contributed by atoms with E-state index in [1.54, 1.807) is 0 Å². The zero-order valence-electron chi connectivity index (χ0n) is 8.09. The molecule has 5 heteroatoms. The average Bonchev–Trinajstić information content (AvgIpc) is 2.17. The molecule has 0 aliphatic rings. The molecular weight excluding hydrogens is 202 g/mol. The third-order valence-corrected chi connectivity index (χ3v) is 1.84. The Kier molecular flexibility index (Phi) is 4.17. The van der Waals surface area contributed by atoms with Crippen molar-refractivity contribution in [3.8, 4) is 0 Å². The second-order valence-corrected chi connectivity index (χ2v) is 3.02. The van der Waals surface area contributed by atoms with Crippen LogP contribution in [0.25, 0.3) is 0 Å². The molecule has 1 rings (SSSR count). The standard InChI is InChI=1S/C10H12F2N2O/c11-7-2-3-8(9(12)6-7)10(15)14-5-1-4-13/h2-3,6H,1,4-5,13H2,(H,14,15). The fraction of sp³-hybridized carbons (Fsp3) is 0.300. The molecule has 0 unspecified atom stereocenters. The van der Waals surface area contributed by atoms with E-state index in [0.29, 0.717) is 25.6 Å². The third-order valence-electron chi connectivity index (χ3n) is 1.84. The Morgan fingerprint density at radius 3 is 2.73 bits per heavy atom. The molecule has 0 radical (unpaired) electrons. The first kappa shape index (κ1) is 11.6. The van der Waals surface area contributed by atoms with Crippen molar-refractivity contribution in [3.05, 3.63) is 35.4 Å². The highest BCUT2D eigenvalue weighted by Crippen LogP contribution is 2.08. The van der Waals surface area contributed by atoms with Gasteiger partial charge in [0.1, 0.15) is 11.6 Å². The summed E-state index contributed by atoms with van der Waals surface area (Å²) in [4.78, 5) is 11.3. The van der Waals surface area contributed by atoms with E-state index < -0.39 is 17.5 Å². The summed E-state index contributed by atoms with van der Waals surface area (Å²) in [7, 11) is 0. The summed E-state index contributed by atoms with van der Waals surface area (Å²) in [5.74, 6) is -2.12. The van der Waals surface area contributed by atoms with Crippen LogP contribution in [0.1, 0.15) is 16.8 Å². The van der Waals surface area contributed by atoms with E-state index in [2.05, 4.69) is 5.32 Å². The second-order valence-electron chi connectivity index (χ2n) is 3.02. The van der Waals surface area contributed by atoms with Gasteiger partial charge in [0.15, 0.2) is 0 Å². The van der Waals surface area contributed by atoms with Gasteiger partial charge in [0.05, 0.1) is 5.56 Å². The van der Waals surface area contributed by atoms with Crippen molar-refractivity contribution in [1.29, 1.82) is 0 Å². The van der Waals surface area contributed by atoms with Crippen molar-refractivity contribution in [2.24, 2.45) is 5.73 Å². The van der Waals surface area contributed by atoms with Crippen LogP contribution >= 0.6 is 0 Å². The van der Waals surface area contributed by atoms with Crippen LogP contribution < -0.4 is 11.1 Å². The number of amides is 1. The Labute approximate surface area is 86.3 Å². The molecule has 0 aliphatic carbocycles. The van der Waals surface area contributed by atoms with Gasteiger partial charge in [-0.1, -0.05) is 0 Å². The van der Waals surface area contributed by atoms with E-state index in [4.69, 9.17) is 5.73 Å². The summed E-state index contributed by atoms with van der Waals surface area (Å²) < 4.78 is 25.6. The van der Waals surface area contributed by atoms with Crippen molar-refractivity contribution in [1.82, 2.24) is 5.32 Å². The topological polar surface area (TPSA) is 55.1 Å². The largest absolute Gasteiger partial charge is 0.352 e. The molecule has 0 atom stereocenters. The smallest absolute Gasteiger partial charge is 0.254 e. The number of nitrogens with one attached hydrogen (secondary N) is 1. The Morgan fingerprint density at radius 1 is 1.40 bits per heavy atom. The maximum absolute atomic E-state index is 13.1. The minimum absolute atomic E-state index is 0.159. The number of hydrogen-bond acceptors (Lipinski definition) is 2. The monoisotopic (exact) mass is 214 g/mol. The van der Waals surface area contributed by atoms with E-state index >= 15 is 0 Å². The van der Waals surface area contributed by atoms with Crippen LogP contribution in [0.2, 0.25) is 0 Å². The number of carbonyl (C=O) groups excluding carboxylic acids is 1. The van der Waals surface area contributed by atoms with Crippen molar-refractivity contribution in [2.45, 2.75) is 6.42 Å². The first-order valence-corrected chi connectivity index (χ1v) is 4.58. The van der Waals surface area contributed by atoms with Crippen LogP contribution in [0.4, 0.5) is 8.78 Å². The van der Waals surface area contributed by atoms with E-state index in [0.717, 1.165) is 12.1 Å². The number of halogens is 2. The molecule has 0 saturated heterocycles. The molecule has 82 valence electrons. The number of hydrogen-bond donors (Lipinski definition) is 2. The fourth-order valence-corrected chi connectivity index (χ4v) is 1.07. The first-order valence-electron chi connectivity index (χ1n) is 4.58. The molecule has 1 amide bonds.